The van der Waals surface area contributed by atoms with Crippen molar-refractivity contribution in [3.63, 3.8) is 0 Å². The minimum Gasteiger partial charge on any atom is -0.492 e. The lowest BCUT2D eigenvalue weighted by atomic mass is 10.00. The van der Waals surface area contributed by atoms with E-state index in [0.29, 0.717) is 24.7 Å². The predicted molar refractivity (Wildman–Crippen MR) is 130 cm³/mol. The second kappa shape index (κ2) is 8.42. The maximum atomic E-state index is 13.3. The first kappa shape index (κ1) is 21.8. The molecular formula is C25H26N6O3. The average Bonchev–Trinajstić information content (AvgIpc) is 3.32. The van der Waals surface area contributed by atoms with Crippen LogP contribution in [0.2, 0.25) is 0 Å². The van der Waals surface area contributed by atoms with Gasteiger partial charge in [-0.05, 0) is 45.0 Å². The third kappa shape index (κ3) is 3.36. The number of rotatable bonds is 6. The maximum absolute atomic E-state index is 13.3. The van der Waals surface area contributed by atoms with E-state index in [9.17, 15) is 4.79 Å². The quantitative estimate of drug-likeness (QED) is 0.414. The van der Waals surface area contributed by atoms with Crippen LogP contribution in [0.1, 0.15) is 30.1 Å². The molecule has 0 radical (unpaired) electrons. The molecule has 0 fully saturated rings. The SMILES string of the molecule is Cc1noc(C)c1-c1cc2ncc3c(c2cc1OCCN)n(C(C)c1ccccn1)c(=O)n3C. The highest BCUT2D eigenvalue weighted by Gasteiger charge is 2.23. The first-order valence-electron chi connectivity index (χ1n) is 11.1. The van der Waals surface area contributed by atoms with Crippen LogP contribution in [-0.2, 0) is 7.05 Å². The first-order valence-corrected chi connectivity index (χ1v) is 11.1. The lowest BCUT2D eigenvalue weighted by molar-refractivity contribution is 0.330. The molecule has 1 atom stereocenters. The summed E-state index contributed by atoms with van der Waals surface area (Å²) in [6.07, 6.45) is 3.47. The van der Waals surface area contributed by atoms with Gasteiger partial charge in [0, 0.05) is 30.7 Å². The second-order valence-corrected chi connectivity index (χ2v) is 8.34. The van der Waals surface area contributed by atoms with Crippen molar-refractivity contribution in [3.05, 3.63) is 70.4 Å². The number of fused-ring (bicyclic) bond motifs is 3. The van der Waals surface area contributed by atoms with Crippen LogP contribution in [0.4, 0.5) is 0 Å². The molecule has 5 aromatic rings. The van der Waals surface area contributed by atoms with Crippen molar-refractivity contribution >= 4 is 21.9 Å². The molecule has 0 amide bonds. The standard InChI is InChI=1S/C25H26N6O3/c1-14-23(16(3)34-29-14)18-11-20-17(12-22(18)33-10-8-26)24-21(13-28-20)30(4)25(32)31(24)15(2)19-7-5-6-9-27-19/h5-7,9,11-13,15H,8,10,26H2,1-4H3. The van der Waals surface area contributed by atoms with E-state index >= 15 is 0 Å². The molecule has 0 saturated heterocycles. The Morgan fingerprint density at radius 2 is 2.03 bits per heavy atom. The summed E-state index contributed by atoms with van der Waals surface area (Å²) in [6, 6.07) is 9.31. The zero-order chi connectivity index (χ0) is 24.0. The number of imidazole rings is 1. The smallest absolute Gasteiger partial charge is 0.329 e. The van der Waals surface area contributed by atoms with Gasteiger partial charge in [-0.1, -0.05) is 11.2 Å². The molecule has 4 heterocycles. The average molecular weight is 459 g/mol. The number of aromatic nitrogens is 5. The zero-order valence-electron chi connectivity index (χ0n) is 19.6. The normalized spacial score (nSPS) is 12.5. The van der Waals surface area contributed by atoms with E-state index in [0.717, 1.165) is 44.5 Å². The van der Waals surface area contributed by atoms with Crippen LogP contribution in [-0.4, -0.2) is 37.4 Å². The Balaban J connectivity index is 1.84. The first-order chi connectivity index (χ1) is 16.4. The number of nitrogens with zero attached hydrogens (tertiary/aromatic N) is 5. The summed E-state index contributed by atoms with van der Waals surface area (Å²) in [4.78, 5) is 22.5. The zero-order valence-corrected chi connectivity index (χ0v) is 19.6. The van der Waals surface area contributed by atoms with Crippen molar-refractivity contribution in [1.82, 2.24) is 24.3 Å². The molecule has 34 heavy (non-hydrogen) atoms. The van der Waals surface area contributed by atoms with Gasteiger partial charge in [-0.15, -0.1) is 0 Å². The fraction of sp³-hybridized carbons (Fsp3) is 0.280. The highest BCUT2D eigenvalue weighted by atomic mass is 16.5. The van der Waals surface area contributed by atoms with E-state index < -0.39 is 0 Å². The maximum Gasteiger partial charge on any atom is 0.329 e. The van der Waals surface area contributed by atoms with Crippen LogP contribution in [0.15, 0.2) is 52.0 Å². The Hall–Kier alpha value is -3.98. The number of aryl methyl sites for hydroxylation is 3. The molecule has 9 nitrogen and oxygen atoms in total. The van der Waals surface area contributed by atoms with Gasteiger partial charge >= 0.3 is 5.69 Å². The molecule has 0 spiro atoms. The van der Waals surface area contributed by atoms with Gasteiger partial charge in [0.1, 0.15) is 18.1 Å². The molecular weight excluding hydrogens is 432 g/mol. The Bertz CT molecular complexity index is 1550. The van der Waals surface area contributed by atoms with Gasteiger partial charge in [0.05, 0.1) is 45.7 Å². The largest absolute Gasteiger partial charge is 0.492 e. The summed E-state index contributed by atoms with van der Waals surface area (Å²) in [6.45, 7) is 6.44. The van der Waals surface area contributed by atoms with Gasteiger partial charge in [-0.2, -0.15) is 0 Å². The third-order valence-corrected chi connectivity index (χ3v) is 6.20. The van der Waals surface area contributed by atoms with E-state index in [1.54, 1.807) is 28.6 Å². The fourth-order valence-corrected chi connectivity index (χ4v) is 4.52. The molecule has 2 N–H and O–H groups in total. The number of nitrogens with two attached hydrogens (primary N) is 1. The monoisotopic (exact) mass is 458 g/mol. The van der Waals surface area contributed by atoms with Gasteiger partial charge < -0.3 is 15.0 Å². The van der Waals surface area contributed by atoms with Crippen molar-refractivity contribution in [1.29, 1.82) is 0 Å². The Labute approximate surface area is 195 Å². The molecule has 5 rings (SSSR count). The van der Waals surface area contributed by atoms with E-state index in [1.807, 2.05) is 51.1 Å². The summed E-state index contributed by atoms with van der Waals surface area (Å²) in [5.74, 6) is 1.32. The molecule has 1 unspecified atom stereocenters. The highest BCUT2D eigenvalue weighted by molar-refractivity contribution is 6.05. The number of ether oxygens (including phenoxy) is 1. The van der Waals surface area contributed by atoms with Crippen LogP contribution in [0.5, 0.6) is 5.75 Å². The van der Waals surface area contributed by atoms with E-state index in [-0.39, 0.29) is 11.7 Å². The van der Waals surface area contributed by atoms with Gasteiger partial charge in [0.25, 0.3) is 0 Å². The molecule has 174 valence electrons. The van der Waals surface area contributed by atoms with Crippen LogP contribution >= 0.6 is 0 Å². The second-order valence-electron chi connectivity index (χ2n) is 8.34. The predicted octanol–water partition coefficient (Wildman–Crippen LogP) is 3.50. The van der Waals surface area contributed by atoms with E-state index in [2.05, 4.69) is 15.1 Å². The van der Waals surface area contributed by atoms with Gasteiger partial charge in [-0.3, -0.25) is 19.1 Å². The van der Waals surface area contributed by atoms with Gasteiger partial charge in [-0.25, -0.2) is 4.79 Å². The number of hydrogen-bond acceptors (Lipinski definition) is 7. The highest BCUT2D eigenvalue weighted by Crippen LogP contribution is 2.39. The Morgan fingerprint density at radius 3 is 2.71 bits per heavy atom. The molecule has 4 aromatic heterocycles. The third-order valence-electron chi connectivity index (χ3n) is 6.20. The minimum absolute atomic E-state index is 0.137. The number of benzene rings is 1. The Morgan fingerprint density at radius 1 is 1.21 bits per heavy atom. The molecule has 0 saturated carbocycles. The molecule has 9 heteroatoms. The Kier molecular flexibility index (Phi) is 5.41. The summed E-state index contributed by atoms with van der Waals surface area (Å²) < 4.78 is 14.9. The van der Waals surface area contributed by atoms with Crippen LogP contribution in [0, 0.1) is 13.8 Å². The van der Waals surface area contributed by atoms with Crippen LogP contribution in [0.3, 0.4) is 0 Å². The van der Waals surface area contributed by atoms with Crippen LogP contribution in [0.25, 0.3) is 33.1 Å². The molecule has 0 bridgehead atoms. The summed E-state index contributed by atoms with van der Waals surface area (Å²) in [5, 5.41) is 4.90. The van der Waals surface area contributed by atoms with Crippen LogP contribution < -0.4 is 16.2 Å². The van der Waals surface area contributed by atoms with Gasteiger partial charge in [0.2, 0.25) is 0 Å². The molecule has 0 aliphatic heterocycles. The van der Waals surface area contributed by atoms with Gasteiger partial charge in [0.15, 0.2) is 0 Å². The summed E-state index contributed by atoms with van der Waals surface area (Å²) in [7, 11) is 1.75. The van der Waals surface area contributed by atoms with Crippen molar-refractivity contribution in [2.45, 2.75) is 26.8 Å². The lowest BCUT2D eigenvalue weighted by Gasteiger charge is -2.16. The molecule has 1 aromatic carbocycles. The number of pyridine rings is 2. The van der Waals surface area contributed by atoms with E-state index in [1.165, 1.54) is 0 Å². The van der Waals surface area contributed by atoms with Crippen molar-refractivity contribution in [3.8, 4) is 16.9 Å². The fourth-order valence-electron chi connectivity index (χ4n) is 4.52. The van der Waals surface area contributed by atoms with Crippen molar-refractivity contribution < 1.29 is 9.26 Å². The molecule has 0 aliphatic carbocycles. The van der Waals surface area contributed by atoms with E-state index in [4.69, 9.17) is 15.0 Å². The number of hydrogen-bond donors (Lipinski definition) is 1. The minimum atomic E-state index is -0.279. The summed E-state index contributed by atoms with van der Waals surface area (Å²) >= 11 is 0. The molecule has 0 aliphatic rings. The van der Waals surface area contributed by atoms with Crippen molar-refractivity contribution in [2.75, 3.05) is 13.2 Å². The van der Waals surface area contributed by atoms with Crippen molar-refractivity contribution in [2.24, 2.45) is 12.8 Å². The topological polar surface area (TPSA) is 114 Å². The summed E-state index contributed by atoms with van der Waals surface area (Å²) in [5.41, 5.74) is 11.1. The lowest BCUT2D eigenvalue weighted by Crippen LogP contribution is -2.25.